The SMILES string of the molecule is COc1ccc(COC(=O)c2ccc3c(c2)C(=O)N(Cc2ccc(F)c(F)c2)C3=O)cn1. The van der Waals surface area contributed by atoms with Gasteiger partial charge in [0.15, 0.2) is 11.6 Å². The number of esters is 1. The summed E-state index contributed by atoms with van der Waals surface area (Å²) in [5.74, 6) is -3.57. The second kappa shape index (κ2) is 8.54. The number of hydrogen-bond acceptors (Lipinski definition) is 6. The summed E-state index contributed by atoms with van der Waals surface area (Å²) in [7, 11) is 1.49. The number of aromatic nitrogens is 1. The predicted octanol–water partition coefficient (Wildman–Crippen LogP) is 3.52. The summed E-state index contributed by atoms with van der Waals surface area (Å²) in [6, 6.07) is 10.5. The van der Waals surface area contributed by atoms with Gasteiger partial charge in [-0.25, -0.2) is 18.6 Å². The van der Waals surface area contributed by atoms with Crippen LogP contribution in [0.25, 0.3) is 0 Å². The van der Waals surface area contributed by atoms with Crippen molar-refractivity contribution in [2.45, 2.75) is 13.2 Å². The van der Waals surface area contributed by atoms with E-state index in [-0.39, 0.29) is 35.4 Å². The van der Waals surface area contributed by atoms with E-state index in [0.717, 1.165) is 17.0 Å². The van der Waals surface area contributed by atoms with Gasteiger partial charge in [-0.05, 0) is 42.0 Å². The minimum atomic E-state index is -1.07. The van der Waals surface area contributed by atoms with Gasteiger partial charge in [0.1, 0.15) is 6.61 Å². The van der Waals surface area contributed by atoms with Gasteiger partial charge in [-0.2, -0.15) is 0 Å². The molecule has 0 N–H and O–H groups in total. The van der Waals surface area contributed by atoms with E-state index in [4.69, 9.17) is 9.47 Å². The third-order valence-corrected chi connectivity index (χ3v) is 4.91. The van der Waals surface area contributed by atoms with Gasteiger partial charge in [-0.3, -0.25) is 14.5 Å². The minimum absolute atomic E-state index is 0.0396. The molecular formula is C23H16F2N2O5. The van der Waals surface area contributed by atoms with Crippen molar-refractivity contribution in [2.75, 3.05) is 7.11 Å². The first kappa shape index (κ1) is 21.1. The van der Waals surface area contributed by atoms with E-state index in [2.05, 4.69) is 4.98 Å². The fourth-order valence-electron chi connectivity index (χ4n) is 3.23. The van der Waals surface area contributed by atoms with E-state index in [0.29, 0.717) is 11.4 Å². The first-order valence-corrected chi connectivity index (χ1v) is 9.47. The molecule has 4 rings (SSSR count). The molecule has 2 heterocycles. The second-order valence-electron chi connectivity index (χ2n) is 6.99. The summed E-state index contributed by atoms with van der Waals surface area (Å²) >= 11 is 0. The number of halogens is 2. The molecule has 0 aliphatic carbocycles. The molecular weight excluding hydrogens is 422 g/mol. The maximum absolute atomic E-state index is 13.5. The molecule has 3 aromatic rings. The predicted molar refractivity (Wildman–Crippen MR) is 107 cm³/mol. The summed E-state index contributed by atoms with van der Waals surface area (Å²) < 4.78 is 36.8. The van der Waals surface area contributed by atoms with Gasteiger partial charge in [0.2, 0.25) is 5.88 Å². The third kappa shape index (κ3) is 4.04. The van der Waals surface area contributed by atoms with E-state index in [1.165, 1.54) is 37.6 Å². The van der Waals surface area contributed by atoms with Crippen LogP contribution in [0.3, 0.4) is 0 Å². The van der Waals surface area contributed by atoms with Crippen molar-refractivity contribution in [3.8, 4) is 5.88 Å². The van der Waals surface area contributed by atoms with E-state index >= 15 is 0 Å². The van der Waals surface area contributed by atoms with Crippen LogP contribution < -0.4 is 4.74 Å². The van der Waals surface area contributed by atoms with Gasteiger partial charge in [-0.15, -0.1) is 0 Å². The van der Waals surface area contributed by atoms with Crippen LogP contribution in [0, 0.1) is 11.6 Å². The van der Waals surface area contributed by atoms with Gasteiger partial charge >= 0.3 is 5.97 Å². The molecule has 1 aliphatic rings. The maximum Gasteiger partial charge on any atom is 0.338 e. The van der Waals surface area contributed by atoms with Gasteiger partial charge in [-0.1, -0.05) is 6.07 Å². The number of pyridine rings is 1. The van der Waals surface area contributed by atoms with Gasteiger partial charge in [0.25, 0.3) is 11.8 Å². The quantitative estimate of drug-likeness (QED) is 0.433. The number of ether oxygens (including phenoxy) is 2. The zero-order chi connectivity index (χ0) is 22.8. The highest BCUT2D eigenvalue weighted by Crippen LogP contribution is 2.26. The molecule has 0 atom stereocenters. The Bertz CT molecular complexity index is 1230. The summed E-state index contributed by atoms with van der Waals surface area (Å²) in [6.07, 6.45) is 1.51. The molecule has 0 saturated carbocycles. The van der Waals surface area contributed by atoms with Crippen molar-refractivity contribution >= 4 is 17.8 Å². The van der Waals surface area contributed by atoms with Crippen molar-refractivity contribution in [2.24, 2.45) is 0 Å². The van der Waals surface area contributed by atoms with E-state index < -0.39 is 29.4 Å². The molecule has 0 radical (unpaired) electrons. The zero-order valence-corrected chi connectivity index (χ0v) is 16.8. The molecule has 0 bridgehead atoms. The summed E-state index contributed by atoms with van der Waals surface area (Å²) in [6.45, 7) is -0.268. The number of rotatable bonds is 6. The van der Waals surface area contributed by atoms with Crippen LogP contribution in [-0.4, -0.2) is 34.8 Å². The van der Waals surface area contributed by atoms with Gasteiger partial charge in [0.05, 0.1) is 30.3 Å². The molecule has 1 aromatic heterocycles. The molecule has 0 unspecified atom stereocenters. The Kier molecular flexibility index (Phi) is 5.63. The van der Waals surface area contributed by atoms with Crippen molar-refractivity contribution < 1.29 is 32.6 Å². The van der Waals surface area contributed by atoms with Crippen LogP contribution in [0.1, 0.15) is 42.2 Å². The number of imide groups is 1. The molecule has 2 aromatic carbocycles. The summed E-state index contributed by atoms with van der Waals surface area (Å²) in [5.41, 5.74) is 1.16. The topological polar surface area (TPSA) is 85.8 Å². The Labute approximate surface area is 181 Å². The fraction of sp³-hybridized carbons (Fsp3) is 0.130. The smallest absolute Gasteiger partial charge is 0.338 e. The molecule has 9 heteroatoms. The highest BCUT2D eigenvalue weighted by molar-refractivity contribution is 6.21. The first-order chi connectivity index (χ1) is 15.4. The van der Waals surface area contributed by atoms with Crippen molar-refractivity contribution in [3.63, 3.8) is 0 Å². The van der Waals surface area contributed by atoms with Crippen molar-refractivity contribution in [3.05, 3.63) is 94.2 Å². The van der Waals surface area contributed by atoms with Crippen LogP contribution >= 0.6 is 0 Å². The van der Waals surface area contributed by atoms with Crippen molar-refractivity contribution in [1.82, 2.24) is 9.88 Å². The zero-order valence-electron chi connectivity index (χ0n) is 16.8. The molecule has 0 fully saturated rings. The lowest BCUT2D eigenvalue weighted by Crippen LogP contribution is -2.29. The number of benzene rings is 2. The monoisotopic (exact) mass is 438 g/mol. The Morgan fingerprint density at radius 3 is 2.38 bits per heavy atom. The largest absolute Gasteiger partial charge is 0.481 e. The number of methoxy groups -OCH3 is 1. The number of amides is 2. The Hall–Kier alpha value is -4.14. The summed E-state index contributed by atoms with van der Waals surface area (Å²) in [5, 5.41) is 0. The maximum atomic E-state index is 13.5. The standard InChI is InChI=1S/C23H16F2N2O5/c1-31-20-7-3-14(10-26-20)12-32-23(30)15-4-5-16-17(9-15)22(29)27(21(16)28)11-13-2-6-18(24)19(25)8-13/h2-10H,11-12H2,1H3. The Morgan fingerprint density at radius 1 is 0.938 bits per heavy atom. The van der Waals surface area contributed by atoms with Crippen molar-refractivity contribution in [1.29, 1.82) is 0 Å². The first-order valence-electron chi connectivity index (χ1n) is 9.47. The average Bonchev–Trinajstić information content (AvgIpc) is 3.04. The highest BCUT2D eigenvalue weighted by Gasteiger charge is 2.36. The normalized spacial score (nSPS) is 12.7. The van der Waals surface area contributed by atoms with Gasteiger partial charge in [0, 0.05) is 17.8 Å². The van der Waals surface area contributed by atoms with Crippen LogP contribution in [0.5, 0.6) is 5.88 Å². The molecule has 2 amide bonds. The van der Waals surface area contributed by atoms with E-state index in [9.17, 15) is 23.2 Å². The number of hydrogen-bond donors (Lipinski definition) is 0. The lowest BCUT2D eigenvalue weighted by atomic mass is 10.1. The van der Waals surface area contributed by atoms with E-state index in [1.807, 2.05) is 0 Å². The molecule has 0 spiro atoms. The fourth-order valence-corrected chi connectivity index (χ4v) is 3.23. The Balaban J connectivity index is 1.47. The average molecular weight is 438 g/mol. The van der Waals surface area contributed by atoms with Crippen LogP contribution in [0.2, 0.25) is 0 Å². The van der Waals surface area contributed by atoms with Crippen LogP contribution in [-0.2, 0) is 17.9 Å². The van der Waals surface area contributed by atoms with Crippen LogP contribution in [0.15, 0.2) is 54.7 Å². The minimum Gasteiger partial charge on any atom is -0.481 e. The molecule has 32 heavy (non-hydrogen) atoms. The summed E-state index contributed by atoms with van der Waals surface area (Å²) in [4.78, 5) is 42.7. The Morgan fingerprint density at radius 2 is 1.69 bits per heavy atom. The molecule has 1 aliphatic heterocycles. The lowest BCUT2D eigenvalue weighted by Gasteiger charge is -2.13. The molecule has 162 valence electrons. The molecule has 0 saturated heterocycles. The number of fused-ring (bicyclic) bond motifs is 1. The number of carbonyl (C=O) groups excluding carboxylic acids is 3. The number of nitrogens with zero attached hydrogens (tertiary/aromatic N) is 2. The second-order valence-corrected chi connectivity index (χ2v) is 6.99. The lowest BCUT2D eigenvalue weighted by molar-refractivity contribution is 0.0472. The molecule has 7 nitrogen and oxygen atoms in total. The number of carbonyl (C=O) groups is 3. The third-order valence-electron chi connectivity index (χ3n) is 4.91. The van der Waals surface area contributed by atoms with Gasteiger partial charge < -0.3 is 9.47 Å². The van der Waals surface area contributed by atoms with E-state index in [1.54, 1.807) is 12.1 Å². The van der Waals surface area contributed by atoms with Crippen LogP contribution in [0.4, 0.5) is 8.78 Å². The highest BCUT2D eigenvalue weighted by atomic mass is 19.2.